The Bertz CT molecular complexity index is 686. The third-order valence-electron chi connectivity index (χ3n) is 2.75. The van der Waals surface area contributed by atoms with Gasteiger partial charge in [-0.3, -0.25) is 9.36 Å². The van der Waals surface area contributed by atoms with Gasteiger partial charge in [0.1, 0.15) is 0 Å². The van der Waals surface area contributed by atoms with Gasteiger partial charge in [0.05, 0.1) is 12.3 Å². The maximum atomic E-state index is 11.9. The second kappa shape index (κ2) is 6.83. The highest BCUT2D eigenvalue weighted by atomic mass is 32.2. The fourth-order valence-corrected chi connectivity index (χ4v) is 2.65. The van der Waals surface area contributed by atoms with Gasteiger partial charge >= 0.3 is 5.69 Å². The number of rotatable bonds is 5. The number of benzene rings is 1. The average Bonchev–Trinajstić information content (AvgIpc) is 2.77. The Morgan fingerprint density at radius 2 is 2.00 bits per heavy atom. The zero-order valence-corrected chi connectivity index (χ0v) is 13.7. The highest BCUT2D eigenvalue weighted by molar-refractivity contribution is 7.99. The van der Waals surface area contributed by atoms with Gasteiger partial charge in [-0.1, -0.05) is 42.1 Å². The molecule has 0 radical (unpaired) electrons. The molecule has 1 amide bonds. The number of carbonyl (C=O) groups excluding carboxylic acids is 1. The van der Waals surface area contributed by atoms with E-state index in [-0.39, 0.29) is 22.9 Å². The molecular formula is C15H20N4O2S. The first-order chi connectivity index (χ1) is 10.3. The summed E-state index contributed by atoms with van der Waals surface area (Å²) in [5, 5.41) is 9.82. The number of hydrogen-bond donors (Lipinski definition) is 2. The number of aromatic nitrogens is 3. The standard InChI is InChI=1S/C15H20N4O2S/c1-15(2,3)16-12(20)10-22-14-18-17-13(21)19(14)9-11-7-5-4-6-8-11/h4-8H,9-10H2,1-3H3,(H,16,20)(H,17,21). The van der Waals surface area contributed by atoms with Crippen LogP contribution in [0.3, 0.4) is 0 Å². The molecule has 0 unspecified atom stereocenters. The average molecular weight is 320 g/mol. The van der Waals surface area contributed by atoms with Crippen LogP contribution in [0.2, 0.25) is 0 Å². The molecule has 0 saturated carbocycles. The topological polar surface area (TPSA) is 79.8 Å². The first kappa shape index (κ1) is 16.4. The van der Waals surface area contributed by atoms with Gasteiger partial charge in [0.25, 0.3) is 0 Å². The lowest BCUT2D eigenvalue weighted by Crippen LogP contribution is -2.41. The fourth-order valence-electron chi connectivity index (χ4n) is 1.90. The van der Waals surface area contributed by atoms with Crippen LogP contribution in [-0.2, 0) is 11.3 Å². The molecule has 0 atom stereocenters. The Kier molecular flexibility index (Phi) is 5.07. The number of nitrogens with zero attached hydrogens (tertiary/aromatic N) is 2. The molecular weight excluding hydrogens is 300 g/mol. The van der Waals surface area contributed by atoms with Crippen LogP contribution in [0.1, 0.15) is 26.3 Å². The summed E-state index contributed by atoms with van der Waals surface area (Å²) in [4.78, 5) is 23.7. The third-order valence-corrected chi connectivity index (χ3v) is 3.73. The van der Waals surface area contributed by atoms with E-state index in [1.165, 1.54) is 16.3 Å². The van der Waals surface area contributed by atoms with E-state index in [0.29, 0.717) is 11.7 Å². The van der Waals surface area contributed by atoms with Crippen molar-refractivity contribution in [3.63, 3.8) is 0 Å². The van der Waals surface area contributed by atoms with Gasteiger partial charge in [0.2, 0.25) is 5.91 Å². The zero-order chi connectivity index (χ0) is 16.2. The summed E-state index contributed by atoms with van der Waals surface area (Å²) in [7, 11) is 0. The number of nitrogens with one attached hydrogen (secondary N) is 2. The number of H-pyrrole nitrogens is 1. The summed E-state index contributed by atoms with van der Waals surface area (Å²) in [5.41, 5.74) is 0.460. The maximum Gasteiger partial charge on any atom is 0.344 e. The molecule has 0 aliphatic carbocycles. The summed E-state index contributed by atoms with van der Waals surface area (Å²) >= 11 is 1.24. The number of hydrogen-bond acceptors (Lipinski definition) is 4. The van der Waals surface area contributed by atoms with Crippen molar-refractivity contribution < 1.29 is 4.79 Å². The number of thioether (sulfide) groups is 1. The monoisotopic (exact) mass is 320 g/mol. The largest absolute Gasteiger partial charge is 0.351 e. The second-order valence-electron chi connectivity index (χ2n) is 5.97. The van der Waals surface area contributed by atoms with Crippen LogP contribution in [0.4, 0.5) is 0 Å². The van der Waals surface area contributed by atoms with Gasteiger partial charge < -0.3 is 5.32 Å². The molecule has 118 valence electrons. The van der Waals surface area contributed by atoms with Crippen LogP contribution in [0.25, 0.3) is 0 Å². The van der Waals surface area contributed by atoms with Crippen molar-refractivity contribution in [1.82, 2.24) is 20.1 Å². The van der Waals surface area contributed by atoms with Crippen molar-refractivity contribution in [2.45, 2.75) is 38.0 Å². The van der Waals surface area contributed by atoms with E-state index in [9.17, 15) is 9.59 Å². The molecule has 22 heavy (non-hydrogen) atoms. The summed E-state index contributed by atoms with van der Waals surface area (Å²) in [5.74, 6) is 0.135. The summed E-state index contributed by atoms with van der Waals surface area (Å²) in [6.45, 7) is 6.21. The lowest BCUT2D eigenvalue weighted by molar-refractivity contribution is -0.119. The van der Waals surface area contributed by atoms with Gasteiger partial charge in [-0.05, 0) is 26.3 Å². The maximum absolute atomic E-state index is 11.9. The predicted molar refractivity (Wildman–Crippen MR) is 87.0 cm³/mol. The van der Waals surface area contributed by atoms with Crippen LogP contribution >= 0.6 is 11.8 Å². The van der Waals surface area contributed by atoms with Crippen molar-refractivity contribution in [1.29, 1.82) is 0 Å². The molecule has 2 N–H and O–H groups in total. The lowest BCUT2D eigenvalue weighted by Gasteiger charge is -2.20. The van der Waals surface area contributed by atoms with Gasteiger partial charge in [0, 0.05) is 5.54 Å². The van der Waals surface area contributed by atoms with Crippen molar-refractivity contribution in [3.8, 4) is 0 Å². The second-order valence-corrected chi connectivity index (χ2v) is 6.91. The molecule has 0 fully saturated rings. The van der Waals surface area contributed by atoms with Crippen LogP contribution in [0, 0.1) is 0 Å². The molecule has 2 rings (SSSR count). The van der Waals surface area contributed by atoms with E-state index in [2.05, 4.69) is 15.5 Å². The quantitative estimate of drug-likeness (QED) is 0.821. The van der Waals surface area contributed by atoms with E-state index >= 15 is 0 Å². The van der Waals surface area contributed by atoms with Crippen molar-refractivity contribution in [3.05, 3.63) is 46.4 Å². The van der Waals surface area contributed by atoms with E-state index in [1.807, 2.05) is 51.1 Å². The van der Waals surface area contributed by atoms with Crippen LogP contribution < -0.4 is 11.0 Å². The zero-order valence-electron chi connectivity index (χ0n) is 12.9. The molecule has 0 saturated heterocycles. The molecule has 7 heteroatoms. The van der Waals surface area contributed by atoms with Gasteiger partial charge in [0.15, 0.2) is 5.16 Å². The highest BCUT2D eigenvalue weighted by Crippen LogP contribution is 2.14. The van der Waals surface area contributed by atoms with Gasteiger partial charge in [-0.25, -0.2) is 9.89 Å². The predicted octanol–water partition coefficient (Wildman–Crippen LogP) is 1.63. The lowest BCUT2D eigenvalue weighted by atomic mass is 10.1. The molecule has 2 aromatic rings. The number of amides is 1. The number of aromatic amines is 1. The minimum atomic E-state index is -0.275. The Morgan fingerprint density at radius 1 is 1.32 bits per heavy atom. The first-order valence-corrected chi connectivity index (χ1v) is 7.97. The Balaban J connectivity index is 2.04. The normalized spacial score (nSPS) is 11.4. The van der Waals surface area contributed by atoms with Crippen LogP contribution in [0.5, 0.6) is 0 Å². The van der Waals surface area contributed by atoms with Gasteiger partial charge in [-0.15, -0.1) is 5.10 Å². The molecule has 1 heterocycles. The van der Waals surface area contributed by atoms with Crippen molar-refractivity contribution >= 4 is 17.7 Å². The first-order valence-electron chi connectivity index (χ1n) is 6.98. The Morgan fingerprint density at radius 3 is 2.64 bits per heavy atom. The molecule has 0 aliphatic rings. The minimum absolute atomic E-state index is 0.0841. The summed E-state index contributed by atoms with van der Waals surface area (Å²) in [6.07, 6.45) is 0. The van der Waals surface area contributed by atoms with Crippen molar-refractivity contribution in [2.24, 2.45) is 0 Å². The molecule has 1 aromatic carbocycles. The van der Waals surface area contributed by atoms with E-state index < -0.39 is 0 Å². The van der Waals surface area contributed by atoms with E-state index in [0.717, 1.165) is 5.56 Å². The summed E-state index contributed by atoms with van der Waals surface area (Å²) < 4.78 is 1.53. The highest BCUT2D eigenvalue weighted by Gasteiger charge is 2.16. The minimum Gasteiger partial charge on any atom is -0.351 e. The third kappa shape index (κ3) is 4.77. The Hall–Kier alpha value is -2.02. The van der Waals surface area contributed by atoms with Crippen molar-refractivity contribution in [2.75, 3.05) is 5.75 Å². The van der Waals surface area contributed by atoms with Crippen LogP contribution in [-0.4, -0.2) is 32.0 Å². The molecule has 6 nitrogen and oxygen atoms in total. The van der Waals surface area contributed by atoms with Crippen LogP contribution in [0.15, 0.2) is 40.3 Å². The molecule has 1 aromatic heterocycles. The smallest absolute Gasteiger partial charge is 0.344 e. The molecule has 0 spiro atoms. The van der Waals surface area contributed by atoms with E-state index in [4.69, 9.17) is 0 Å². The van der Waals surface area contributed by atoms with E-state index in [1.54, 1.807) is 0 Å². The molecule has 0 bridgehead atoms. The Labute approximate surface area is 133 Å². The SMILES string of the molecule is CC(C)(C)NC(=O)CSc1n[nH]c(=O)n1Cc1ccccc1. The number of carbonyl (C=O) groups is 1. The molecule has 0 aliphatic heterocycles. The fraction of sp³-hybridized carbons (Fsp3) is 0.400. The van der Waals surface area contributed by atoms with Gasteiger partial charge in [-0.2, -0.15) is 0 Å². The summed E-state index contributed by atoms with van der Waals surface area (Å²) in [6, 6.07) is 9.66.